The van der Waals surface area contributed by atoms with Crippen molar-refractivity contribution < 1.29 is 9.53 Å². The number of amides is 1. The Hall–Kier alpha value is -2.82. The summed E-state index contributed by atoms with van der Waals surface area (Å²) in [6.45, 7) is 0.819. The summed E-state index contributed by atoms with van der Waals surface area (Å²) in [5, 5.41) is 2.76. The van der Waals surface area contributed by atoms with Crippen LogP contribution in [0.5, 0.6) is 0 Å². The van der Waals surface area contributed by atoms with Crippen molar-refractivity contribution in [1.82, 2.24) is 15.3 Å². The third kappa shape index (κ3) is 3.63. The number of ether oxygens (including phenoxy) is 1. The zero-order chi connectivity index (χ0) is 15.2. The molecule has 1 amide bonds. The van der Waals surface area contributed by atoms with Gasteiger partial charge in [0.25, 0.3) is 0 Å². The molecule has 0 radical (unpaired) electrons. The number of H-pyrrole nitrogens is 1. The number of carbonyl (C=O) groups excluding carboxylic acids is 1. The van der Waals surface area contributed by atoms with Crippen molar-refractivity contribution in [3.63, 3.8) is 0 Å². The van der Waals surface area contributed by atoms with Gasteiger partial charge in [0.1, 0.15) is 6.61 Å². The molecule has 22 heavy (non-hydrogen) atoms. The van der Waals surface area contributed by atoms with Crippen molar-refractivity contribution in [2.24, 2.45) is 0 Å². The summed E-state index contributed by atoms with van der Waals surface area (Å²) in [5.74, 6) is 0. The Morgan fingerprint density at radius 1 is 1.14 bits per heavy atom. The Kier molecular flexibility index (Phi) is 4.34. The molecule has 112 valence electrons. The van der Waals surface area contributed by atoms with Crippen LogP contribution >= 0.6 is 0 Å². The SMILES string of the molecule is O=C(NCCc1ccc2nc[nH]c2c1)OCc1ccccc1. The monoisotopic (exact) mass is 295 g/mol. The lowest BCUT2D eigenvalue weighted by atomic mass is 10.1. The second-order valence-corrected chi connectivity index (χ2v) is 4.99. The topological polar surface area (TPSA) is 67.0 Å². The van der Waals surface area contributed by atoms with E-state index in [1.165, 1.54) is 0 Å². The van der Waals surface area contributed by atoms with Crippen LogP contribution in [0.3, 0.4) is 0 Å². The van der Waals surface area contributed by atoms with Crippen molar-refractivity contribution in [3.05, 3.63) is 66.0 Å². The molecular weight excluding hydrogens is 278 g/mol. The van der Waals surface area contributed by atoms with E-state index in [4.69, 9.17) is 4.74 Å². The number of rotatable bonds is 5. The van der Waals surface area contributed by atoms with E-state index >= 15 is 0 Å². The van der Waals surface area contributed by atoms with E-state index in [0.29, 0.717) is 6.54 Å². The van der Waals surface area contributed by atoms with Gasteiger partial charge in [0.05, 0.1) is 17.4 Å². The van der Waals surface area contributed by atoms with Crippen LogP contribution in [0.15, 0.2) is 54.9 Å². The minimum absolute atomic E-state index is 0.285. The summed E-state index contributed by atoms with van der Waals surface area (Å²) >= 11 is 0. The van der Waals surface area contributed by atoms with E-state index in [1.807, 2.05) is 48.5 Å². The highest BCUT2D eigenvalue weighted by Gasteiger charge is 2.03. The third-order valence-corrected chi connectivity index (χ3v) is 3.38. The number of aromatic nitrogens is 2. The molecule has 0 unspecified atom stereocenters. The Balaban J connectivity index is 1.43. The quantitative estimate of drug-likeness (QED) is 0.760. The van der Waals surface area contributed by atoms with Crippen molar-refractivity contribution in [1.29, 1.82) is 0 Å². The van der Waals surface area contributed by atoms with Crippen molar-refractivity contribution in [2.45, 2.75) is 13.0 Å². The number of carbonyl (C=O) groups is 1. The molecule has 0 spiro atoms. The average Bonchev–Trinajstić information content (AvgIpc) is 3.02. The molecule has 3 rings (SSSR count). The van der Waals surface area contributed by atoms with Gasteiger partial charge in [-0.25, -0.2) is 9.78 Å². The van der Waals surface area contributed by atoms with Gasteiger partial charge in [0, 0.05) is 6.54 Å². The second-order valence-electron chi connectivity index (χ2n) is 4.99. The van der Waals surface area contributed by atoms with Crippen LogP contribution in [0.1, 0.15) is 11.1 Å². The first kappa shape index (κ1) is 14.1. The van der Waals surface area contributed by atoms with Crippen molar-refractivity contribution in [2.75, 3.05) is 6.54 Å². The maximum Gasteiger partial charge on any atom is 0.407 e. The van der Waals surface area contributed by atoms with E-state index in [2.05, 4.69) is 15.3 Å². The maximum atomic E-state index is 11.6. The zero-order valence-corrected chi connectivity index (χ0v) is 12.1. The number of aromatic amines is 1. The summed E-state index contributed by atoms with van der Waals surface area (Å²) in [4.78, 5) is 18.9. The number of hydrogen-bond donors (Lipinski definition) is 2. The number of hydrogen-bond acceptors (Lipinski definition) is 3. The van der Waals surface area contributed by atoms with E-state index in [9.17, 15) is 4.79 Å². The molecule has 0 saturated carbocycles. The van der Waals surface area contributed by atoms with E-state index in [1.54, 1.807) is 6.33 Å². The maximum absolute atomic E-state index is 11.6. The molecule has 3 aromatic rings. The second kappa shape index (κ2) is 6.76. The number of benzene rings is 2. The van der Waals surface area contributed by atoms with Crippen LogP contribution in [0.2, 0.25) is 0 Å². The fraction of sp³-hybridized carbons (Fsp3) is 0.176. The first-order valence-corrected chi connectivity index (χ1v) is 7.18. The summed E-state index contributed by atoms with van der Waals surface area (Å²) in [7, 11) is 0. The van der Waals surface area contributed by atoms with Crippen LogP contribution in [-0.2, 0) is 17.8 Å². The predicted molar refractivity (Wildman–Crippen MR) is 84.4 cm³/mol. The Bertz CT molecular complexity index is 753. The highest BCUT2D eigenvalue weighted by atomic mass is 16.5. The molecule has 0 aliphatic carbocycles. The number of alkyl carbamates (subject to hydrolysis) is 1. The largest absolute Gasteiger partial charge is 0.445 e. The van der Waals surface area contributed by atoms with Gasteiger partial charge in [-0.2, -0.15) is 0 Å². The molecule has 0 aliphatic rings. The van der Waals surface area contributed by atoms with Gasteiger partial charge in [-0.05, 0) is 29.7 Å². The molecule has 1 aromatic heterocycles. The molecule has 0 saturated heterocycles. The van der Waals surface area contributed by atoms with Gasteiger partial charge in [0.2, 0.25) is 0 Å². The fourth-order valence-corrected chi connectivity index (χ4v) is 2.22. The fourth-order valence-electron chi connectivity index (χ4n) is 2.22. The molecular formula is C17H17N3O2. The molecule has 0 aliphatic heterocycles. The number of fused-ring (bicyclic) bond motifs is 1. The molecule has 1 heterocycles. The molecule has 2 aromatic carbocycles. The standard InChI is InChI=1S/C17H17N3O2/c21-17(22-11-14-4-2-1-3-5-14)18-9-8-13-6-7-15-16(10-13)20-12-19-15/h1-7,10,12H,8-9,11H2,(H,18,21)(H,19,20). The van der Waals surface area contributed by atoms with Crippen LogP contribution in [0.4, 0.5) is 4.79 Å². The van der Waals surface area contributed by atoms with E-state index in [0.717, 1.165) is 28.6 Å². The van der Waals surface area contributed by atoms with Gasteiger partial charge >= 0.3 is 6.09 Å². The van der Waals surface area contributed by atoms with Crippen LogP contribution in [0.25, 0.3) is 11.0 Å². The minimum atomic E-state index is -0.397. The molecule has 0 atom stereocenters. The Labute approximate surface area is 128 Å². The lowest BCUT2D eigenvalue weighted by molar-refractivity contribution is 0.140. The van der Waals surface area contributed by atoms with Crippen LogP contribution < -0.4 is 5.32 Å². The van der Waals surface area contributed by atoms with E-state index < -0.39 is 6.09 Å². The van der Waals surface area contributed by atoms with Gasteiger partial charge in [-0.15, -0.1) is 0 Å². The summed E-state index contributed by atoms with van der Waals surface area (Å²) in [6.07, 6.45) is 2.02. The highest BCUT2D eigenvalue weighted by Crippen LogP contribution is 2.11. The van der Waals surface area contributed by atoms with Crippen molar-refractivity contribution in [3.8, 4) is 0 Å². The van der Waals surface area contributed by atoms with Gasteiger partial charge < -0.3 is 15.0 Å². The van der Waals surface area contributed by atoms with Gasteiger partial charge in [0.15, 0.2) is 0 Å². The number of imidazole rings is 1. The van der Waals surface area contributed by atoms with E-state index in [-0.39, 0.29) is 6.61 Å². The molecule has 2 N–H and O–H groups in total. The Morgan fingerprint density at radius 3 is 2.86 bits per heavy atom. The average molecular weight is 295 g/mol. The zero-order valence-electron chi connectivity index (χ0n) is 12.1. The molecule has 5 nitrogen and oxygen atoms in total. The first-order valence-electron chi connectivity index (χ1n) is 7.18. The van der Waals surface area contributed by atoms with Gasteiger partial charge in [-0.1, -0.05) is 36.4 Å². The first-order chi connectivity index (χ1) is 10.8. The Morgan fingerprint density at radius 2 is 2.00 bits per heavy atom. The summed E-state index contributed by atoms with van der Waals surface area (Å²) in [6, 6.07) is 15.6. The molecule has 0 fully saturated rings. The van der Waals surface area contributed by atoms with Crippen LogP contribution in [0, 0.1) is 0 Å². The minimum Gasteiger partial charge on any atom is -0.445 e. The van der Waals surface area contributed by atoms with Crippen LogP contribution in [-0.4, -0.2) is 22.6 Å². The highest BCUT2D eigenvalue weighted by molar-refractivity contribution is 5.75. The number of nitrogens with one attached hydrogen (secondary N) is 2. The third-order valence-electron chi connectivity index (χ3n) is 3.38. The summed E-state index contributed by atoms with van der Waals surface area (Å²) < 4.78 is 5.16. The summed E-state index contributed by atoms with van der Waals surface area (Å²) in [5.41, 5.74) is 4.06. The predicted octanol–water partition coefficient (Wildman–Crippen LogP) is 3.03. The molecule has 0 bridgehead atoms. The van der Waals surface area contributed by atoms with Crippen molar-refractivity contribution >= 4 is 17.1 Å². The molecule has 5 heteroatoms. The smallest absolute Gasteiger partial charge is 0.407 e. The lowest BCUT2D eigenvalue weighted by Gasteiger charge is -2.07. The van der Waals surface area contributed by atoms with Gasteiger partial charge in [-0.3, -0.25) is 0 Å². The number of nitrogens with zero attached hydrogens (tertiary/aromatic N) is 1. The lowest BCUT2D eigenvalue weighted by Crippen LogP contribution is -2.26. The normalized spacial score (nSPS) is 10.5.